The van der Waals surface area contributed by atoms with Crippen molar-refractivity contribution in [1.82, 2.24) is 4.98 Å². The van der Waals surface area contributed by atoms with Gasteiger partial charge in [-0.1, -0.05) is 11.6 Å². The van der Waals surface area contributed by atoms with Crippen molar-refractivity contribution in [2.75, 3.05) is 12.4 Å². The van der Waals surface area contributed by atoms with Crippen molar-refractivity contribution in [3.63, 3.8) is 0 Å². The van der Waals surface area contributed by atoms with E-state index in [0.29, 0.717) is 11.3 Å². The zero-order valence-electron chi connectivity index (χ0n) is 11.0. The SMILES string of the molecule is COc1ccc(C(=O)O)cc1NC(=O)c1ccc(Cl)nc1. The number of rotatable bonds is 4. The number of carboxylic acids is 1. The Kier molecular flexibility index (Phi) is 4.39. The van der Waals surface area contributed by atoms with Crippen LogP contribution in [0.5, 0.6) is 5.75 Å². The third-order valence-electron chi connectivity index (χ3n) is 2.68. The summed E-state index contributed by atoms with van der Waals surface area (Å²) in [6, 6.07) is 7.18. The van der Waals surface area contributed by atoms with E-state index in [0.717, 1.165) is 0 Å². The number of aromatic nitrogens is 1. The highest BCUT2D eigenvalue weighted by atomic mass is 35.5. The van der Waals surface area contributed by atoms with Gasteiger partial charge in [0, 0.05) is 6.20 Å². The first kappa shape index (κ1) is 14.8. The Morgan fingerprint density at radius 3 is 2.52 bits per heavy atom. The number of carbonyl (C=O) groups excluding carboxylic acids is 1. The lowest BCUT2D eigenvalue weighted by Gasteiger charge is -2.11. The van der Waals surface area contributed by atoms with Crippen molar-refractivity contribution in [3.05, 3.63) is 52.8 Å². The molecule has 7 heteroatoms. The van der Waals surface area contributed by atoms with E-state index in [9.17, 15) is 9.59 Å². The first-order chi connectivity index (χ1) is 10.0. The van der Waals surface area contributed by atoms with Gasteiger partial charge in [0.25, 0.3) is 5.91 Å². The standard InChI is InChI=1S/C14H11ClN2O4/c1-21-11-4-2-8(14(19)20)6-10(11)17-13(18)9-3-5-12(15)16-7-9/h2-7H,1H3,(H,17,18)(H,19,20). The average Bonchev–Trinajstić information content (AvgIpc) is 2.47. The summed E-state index contributed by atoms with van der Waals surface area (Å²) in [6.07, 6.45) is 1.32. The summed E-state index contributed by atoms with van der Waals surface area (Å²) in [5, 5.41) is 11.8. The quantitative estimate of drug-likeness (QED) is 0.848. The number of methoxy groups -OCH3 is 1. The molecule has 21 heavy (non-hydrogen) atoms. The van der Waals surface area contributed by atoms with Crippen LogP contribution in [-0.4, -0.2) is 29.1 Å². The molecular weight excluding hydrogens is 296 g/mol. The van der Waals surface area contributed by atoms with Crippen LogP contribution >= 0.6 is 11.6 Å². The van der Waals surface area contributed by atoms with E-state index in [2.05, 4.69) is 10.3 Å². The van der Waals surface area contributed by atoms with Gasteiger partial charge < -0.3 is 15.2 Å². The number of carboxylic acid groups (broad SMARTS) is 1. The fraction of sp³-hybridized carbons (Fsp3) is 0.0714. The van der Waals surface area contributed by atoms with Crippen LogP contribution in [0, 0.1) is 0 Å². The minimum atomic E-state index is -1.10. The topological polar surface area (TPSA) is 88.5 Å². The van der Waals surface area contributed by atoms with Gasteiger partial charge in [0.05, 0.1) is 23.9 Å². The van der Waals surface area contributed by atoms with E-state index >= 15 is 0 Å². The van der Waals surface area contributed by atoms with Gasteiger partial charge in [-0.25, -0.2) is 9.78 Å². The number of aromatic carboxylic acids is 1. The van der Waals surface area contributed by atoms with Crippen molar-refractivity contribution in [2.45, 2.75) is 0 Å². The summed E-state index contributed by atoms with van der Waals surface area (Å²) in [5.41, 5.74) is 0.597. The van der Waals surface area contributed by atoms with Crippen LogP contribution in [0.4, 0.5) is 5.69 Å². The Bertz CT molecular complexity index is 686. The van der Waals surface area contributed by atoms with Gasteiger partial charge in [-0.05, 0) is 30.3 Å². The van der Waals surface area contributed by atoms with E-state index in [1.165, 1.54) is 43.6 Å². The van der Waals surface area contributed by atoms with Crippen LogP contribution < -0.4 is 10.1 Å². The van der Waals surface area contributed by atoms with Crippen LogP contribution in [0.2, 0.25) is 5.15 Å². The molecule has 0 saturated heterocycles. The number of pyridine rings is 1. The number of nitrogens with zero attached hydrogens (tertiary/aromatic N) is 1. The van der Waals surface area contributed by atoms with Gasteiger partial charge >= 0.3 is 5.97 Å². The molecule has 2 N–H and O–H groups in total. The summed E-state index contributed by atoms with van der Waals surface area (Å²) in [5.74, 6) is -1.18. The first-order valence-corrected chi connectivity index (χ1v) is 6.23. The predicted molar refractivity (Wildman–Crippen MR) is 77.2 cm³/mol. The van der Waals surface area contributed by atoms with E-state index in [-0.39, 0.29) is 16.4 Å². The monoisotopic (exact) mass is 306 g/mol. The number of benzene rings is 1. The molecule has 0 radical (unpaired) electrons. The van der Waals surface area contributed by atoms with Crippen LogP contribution in [0.25, 0.3) is 0 Å². The second kappa shape index (κ2) is 6.23. The average molecular weight is 307 g/mol. The maximum Gasteiger partial charge on any atom is 0.335 e. The van der Waals surface area contributed by atoms with E-state index < -0.39 is 11.9 Å². The molecule has 0 aliphatic rings. The summed E-state index contributed by atoms with van der Waals surface area (Å²) >= 11 is 5.65. The second-order valence-electron chi connectivity index (χ2n) is 4.04. The maximum atomic E-state index is 12.1. The molecule has 1 aromatic carbocycles. The summed E-state index contributed by atoms with van der Waals surface area (Å²) in [7, 11) is 1.43. The highest BCUT2D eigenvalue weighted by Crippen LogP contribution is 2.26. The van der Waals surface area contributed by atoms with Crippen molar-refractivity contribution in [1.29, 1.82) is 0 Å². The van der Waals surface area contributed by atoms with Crippen LogP contribution in [0.3, 0.4) is 0 Å². The zero-order valence-corrected chi connectivity index (χ0v) is 11.7. The maximum absolute atomic E-state index is 12.1. The lowest BCUT2D eigenvalue weighted by atomic mass is 10.1. The van der Waals surface area contributed by atoms with Gasteiger partial charge in [0.2, 0.25) is 0 Å². The number of carbonyl (C=O) groups is 2. The molecule has 0 atom stereocenters. The Labute approximate surface area is 125 Å². The van der Waals surface area contributed by atoms with Gasteiger partial charge in [-0.15, -0.1) is 0 Å². The number of hydrogen-bond acceptors (Lipinski definition) is 4. The number of nitrogens with one attached hydrogen (secondary N) is 1. The Morgan fingerprint density at radius 1 is 1.24 bits per heavy atom. The molecule has 1 aromatic heterocycles. The third-order valence-corrected chi connectivity index (χ3v) is 2.91. The van der Waals surface area contributed by atoms with Gasteiger partial charge in [0.1, 0.15) is 10.9 Å². The highest BCUT2D eigenvalue weighted by Gasteiger charge is 2.13. The van der Waals surface area contributed by atoms with E-state index in [1.807, 2.05) is 0 Å². The Balaban J connectivity index is 2.29. The van der Waals surface area contributed by atoms with Crippen molar-refractivity contribution in [3.8, 4) is 5.75 Å². The summed E-state index contributed by atoms with van der Waals surface area (Å²) in [4.78, 5) is 26.9. The Morgan fingerprint density at radius 2 is 1.95 bits per heavy atom. The minimum Gasteiger partial charge on any atom is -0.495 e. The third kappa shape index (κ3) is 3.49. The molecule has 0 aliphatic carbocycles. The smallest absolute Gasteiger partial charge is 0.335 e. The fourth-order valence-corrected chi connectivity index (χ4v) is 1.76. The van der Waals surface area contributed by atoms with Crippen LogP contribution in [0.15, 0.2) is 36.5 Å². The fourth-order valence-electron chi connectivity index (χ4n) is 1.64. The molecule has 1 heterocycles. The van der Waals surface area contributed by atoms with Crippen LogP contribution in [0.1, 0.15) is 20.7 Å². The number of ether oxygens (including phenoxy) is 1. The normalized spacial score (nSPS) is 10.0. The molecule has 2 aromatic rings. The number of anilines is 1. The molecule has 0 aliphatic heterocycles. The van der Waals surface area contributed by atoms with Gasteiger partial charge in [-0.2, -0.15) is 0 Å². The van der Waals surface area contributed by atoms with E-state index in [4.69, 9.17) is 21.4 Å². The second-order valence-corrected chi connectivity index (χ2v) is 4.43. The zero-order chi connectivity index (χ0) is 15.4. The molecule has 0 saturated carbocycles. The largest absolute Gasteiger partial charge is 0.495 e. The number of halogens is 1. The molecule has 6 nitrogen and oxygen atoms in total. The first-order valence-electron chi connectivity index (χ1n) is 5.85. The van der Waals surface area contributed by atoms with Gasteiger partial charge in [0.15, 0.2) is 0 Å². The number of amides is 1. The lowest BCUT2D eigenvalue weighted by Crippen LogP contribution is -2.13. The van der Waals surface area contributed by atoms with Crippen molar-refractivity contribution >= 4 is 29.2 Å². The summed E-state index contributed by atoms with van der Waals surface area (Å²) < 4.78 is 5.09. The molecule has 0 bridgehead atoms. The highest BCUT2D eigenvalue weighted by molar-refractivity contribution is 6.29. The lowest BCUT2D eigenvalue weighted by molar-refractivity contribution is 0.0696. The molecule has 0 spiro atoms. The van der Waals surface area contributed by atoms with Crippen molar-refractivity contribution < 1.29 is 19.4 Å². The molecule has 1 amide bonds. The molecule has 0 fully saturated rings. The molecule has 0 unspecified atom stereocenters. The van der Waals surface area contributed by atoms with E-state index in [1.54, 1.807) is 0 Å². The predicted octanol–water partition coefficient (Wildman–Crippen LogP) is 2.69. The molecule has 108 valence electrons. The summed E-state index contributed by atoms with van der Waals surface area (Å²) in [6.45, 7) is 0. The number of hydrogen-bond donors (Lipinski definition) is 2. The van der Waals surface area contributed by atoms with Crippen molar-refractivity contribution in [2.24, 2.45) is 0 Å². The minimum absolute atomic E-state index is 0.0420. The van der Waals surface area contributed by atoms with Gasteiger partial charge in [-0.3, -0.25) is 4.79 Å². The molecule has 2 rings (SSSR count). The van der Waals surface area contributed by atoms with Crippen LogP contribution in [-0.2, 0) is 0 Å². The Hall–Kier alpha value is -2.60. The molecular formula is C14H11ClN2O4.